The van der Waals surface area contributed by atoms with E-state index in [0.717, 1.165) is 4.47 Å². The van der Waals surface area contributed by atoms with Gasteiger partial charge >= 0.3 is 0 Å². The van der Waals surface area contributed by atoms with Gasteiger partial charge < -0.3 is 10.5 Å². The molecule has 0 aromatic heterocycles. The van der Waals surface area contributed by atoms with Crippen LogP contribution in [-0.2, 0) is 11.3 Å². The highest BCUT2D eigenvalue weighted by atomic mass is 79.9. The summed E-state index contributed by atoms with van der Waals surface area (Å²) in [6, 6.07) is 4.91. The SMILES string of the molecule is CC(C)(N)COCc1ccc(Br)cc1F. The van der Waals surface area contributed by atoms with Gasteiger partial charge in [0.2, 0.25) is 0 Å². The van der Waals surface area contributed by atoms with Gasteiger partial charge in [-0.2, -0.15) is 0 Å². The molecule has 0 atom stereocenters. The van der Waals surface area contributed by atoms with Crippen LogP contribution in [0.1, 0.15) is 19.4 Å². The van der Waals surface area contributed by atoms with Crippen molar-refractivity contribution >= 4 is 15.9 Å². The predicted molar refractivity (Wildman–Crippen MR) is 62.0 cm³/mol. The van der Waals surface area contributed by atoms with Gasteiger partial charge in [0.05, 0.1) is 13.2 Å². The van der Waals surface area contributed by atoms with Gasteiger partial charge in [0, 0.05) is 15.6 Å². The lowest BCUT2D eigenvalue weighted by atomic mass is 10.1. The second kappa shape index (κ2) is 5.05. The third-order valence-corrected chi connectivity index (χ3v) is 2.24. The summed E-state index contributed by atoms with van der Waals surface area (Å²) in [7, 11) is 0. The number of benzene rings is 1. The van der Waals surface area contributed by atoms with Crippen molar-refractivity contribution in [3.63, 3.8) is 0 Å². The highest BCUT2D eigenvalue weighted by Crippen LogP contribution is 2.16. The van der Waals surface area contributed by atoms with Crippen LogP contribution in [0.2, 0.25) is 0 Å². The summed E-state index contributed by atoms with van der Waals surface area (Å²) in [6.07, 6.45) is 0. The van der Waals surface area contributed by atoms with Crippen LogP contribution in [0.5, 0.6) is 0 Å². The van der Waals surface area contributed by atoms with Gasteiger partial charge in [-0.3, -0.25) is 0 Å². The van der Waals surface area contributed by atoms with Gasteiger partial charge in [0.15, 0.2) is 0 Å². The second-order valence-corrected chi connectivity index (χ2v) is 5.13. The molecule has 0 unspecified atom stereocenters. The summed E-state index contributed by atoms with van der Waals surface area (Å²) >= 11 is 3.20. The van der Waals surface area contributed by atoms with E-state index in [1.54, 1.807) is 12.1 Å². The molecule has 0 heterocycles. The molecule has 0 saturated heterocycles. The Bertz CT molecular complexity index is 336. The Kier molecular flexibility index (Phi) is 4.25. The summed E-state index contributed by atoms with van der Waals surface area (Å²) in [4.78, 5) is 0. The Hall–Kier alpha value is -0.450. The van der Waals surface area contributed by atoms with Crippen LogP contribution < -0.4 is 5.73 Å². The number of hydrogen-bond donors (Lipinski definition) is 1. The van der Waals surface area contributed by atoms with E-state index in [4.69, 9.17) is 10.5 Å². The molecule has 0 bridgehead atoms. The van der Waals surface area contributed by atoms with Crippen LogP contribution in [0, 0.1) is 5.82 Å². The molecule has 0 amide bonds. The molecule has 1 rings (SSSR count). The van der Waals surface area contributed by atoms with Crippen molar-refractivity contribution in [1.29, 1.82) is 0 Å². The molecule has 0 spiro atoms. The van der Waals surface area contributed by atoms with Crippen LogP contribution in [-0.4, -0.2) is 12.1 Å². The van der Waals surface area contributed by atoms with Crippen molar-refractivity contribution in [2.45, 2.75) is 26.0 Å². The topological polar surface area (TPSA) is 35.2 Å². The smallest absolute Gasteiger partial charge is 0.129 e. The first kappa shape index (κ1) is 12.6. The molecule has 0 saturated carbocycles. The van der Waals surface area contributed by atoms with Gasteiger partial charge in [-0.15, -0.1) is 0 Å². The van der Waals surface area contributed by atoms with E-state index in [1.165, 1.54) is 6.07 Å². The Balaban J connectivity index is 2.51. The van der Waals surface area contributed by atoms with E-state index in [9.17, 15) is 4.39 Å². The minimum Gasteiger partial charge on any atom is -0.375 e. The zero-order valence-electron chi connectivity index (χ0n) is 8.89. The van der Waals surface area contributed by atoms with E-state index in [-0.39, 0.29) is 18.0 Å². The lowest BCUT2D eigenvalue weighted by molar-refractivity contribution is 0.0832. The van der Waals surface area contributed by atoms with Crippen molar-refractivity contribution in [3.8, 4) is 0 Å². The quantitative estimate of drug-likeness (QED) is 0.917. The van der Waals surface area contributed by atoms with Gasteiger partial charge in [-0.25, -0.2) is 4.39 Å². The minimum absolute atomic E-state index is 0.250. The predicted octanol–water partition coefficient (Wildman–Crippen LogP) is 2.84. The van der Waals surface area contributed by atoms with Gasteiger partial charge in [-0.1, -0.05) is 22.0 Å². The van der Waals surface area contributed by atoms with E-state index in [2.05, 4.69) is 15.9 Å². The second-order valence-electron chi connectivity index (χ2n) is 4.22. The Morgan fingerprint density at radius 2 is 2.13 bits per heavy atom. The Labute approximate surface area is 97.7 Å². The molecule has 0 aliphatic carbocycles. The highest BCUT2D eigenvalue weighted by Gasteiger charge is 2.11. The molecular formula is C11H15BrFNO. The maximum atomic E-state index is 13.3. The minimum atomic E-state index is -0.383. The van der Waals surface area contributed by atoms with Crippen LogP contribution in [0.15, 0.2) is 22.7 Å². The van der Waals surface area contributed by atoms with Crippen LogP contribution in [0.25, 0.3) is 0 Å². The number of halogens is 2. The monoisotopic (exact) mass is 275 g/mol. The van der Waals surface area contributed by atoms with Crippen molar-refractivity contribution in [1.82, 2.24) is 0 Å². The Morgan fingerprint density at radius 1 is 1.47 bits per heavy atom. The molecule has 0 fully saturated rings. The third-order valence-electron chi connectivity index (χ3n) is 1.75. The van der Waals surface area contributed by atoms with Crippen molar-refractivity contribution in [2.75, 3.05) is 6.61 Å². The standard InChI is InChI=1S/C11H15BrFNO/c1-11(2,14)7-15-6-8-3-4-9(12)5-10(8)13/h3-5H,6-7,14H2,1-2H3. The molecule has 0 aliphatic rings. The van der Waals surface area contributed by atoms with E-state index >= 15 is 0 Å². The summed E-state index contributed by atoms with van der Waals surface area (Å²) < 4.78 is 19.4. The molecule has 2 N–H and O–H groups in total. The van der Waals surface area contributed by atoms with Crippen LogP contribution >= 0.6 is 15.9 Å². The normalized spacial score (nSPS) is 11.8. The summed E-state index contributed by atoms with van der Waals surface area (Å²) in [5.74, 6) is -0.265. The first-order valence-corrected chi connectivity index (χ1v) is 5.48. The zero-order valence-corrected chi connectivity index (χ0v) is 10.5. The van der Waals surface area contributed by atoms with Gasteiger partial charge in [0.25, 0.3) is 0 Å². The Morgan fingerprint density at radius 3 is 2.67 bits per heavy atom. The van der Waals surface area contributed by atoms with Crippen molar-refractivity contribution in [3.05, 3.63) is 34.1 Å². The third kappa shape index (κ3) is 4.73. The van der Waals surface area contributed by atoms with Gasteiger partial charge in [-0.05, 0) is 26.0 Å². The number of nitrogens with two attached hydrogens (primary N) is 1. The average Bonchev–Trinajstić information content (AvgIpc) is 2.07. The van der Waals surface area contributed by atoms with Crippen LogP contribution in [0.4, 0.5) is 4.39 Å². The molecular weight excluding hydrogens is 261 g/mol. The number of ether oxygens (including phenoxy) is 1. The molecule has 84 valence electrons. The molecule has 1 aromatic rings. The highest BCUT2D eigenvalue weighted by molar-refractivity contribution is 9.10. The van der Waals surface area contributed by atoms with E-state index in [0.29, 0.717) is 12.2 Å². The van der Waals surface area contributed by atoms with Gasteiger partial charge in [0.1, 0.15) is 5.82 Å². The maximum absolute atomic E-state index is 13.3. The molecule has 4 heteroatoms. The lowest BCUT2D eigenvalue weighted by Gasteiger charge is -2.18. The number of rotatable bonds is 4. The molecule has 2 nitrogen and oxygen atoms in total. The largest absolute Gasteiger partial charge is 0.375 e. The van der Waals surface area contributed by atoms with E-state index < -0.39 is 0 Å². The zero-order chi connectivity index (χ0) is 11.5. The van der Waals surface area contributed by atoms with Crippen LogP contribution in [0.3, 0.4) is 0 Å². The molecule has 15 heavy (non-hydrogen) atoms. The average molecular weight is 276 g/mol. The van der Waals surface area contributed by atoms with Crippen molar-refractivity contribution in [2.24, 2.45) is 5.73 Å². The summed E-state index contributed by atoms with van der Waals surface area (Å²) in [5.41, 5.74) is 5.90. The van der Waals surface area contributed by atoms with E-state index in [1.807, 2.05) is 13.8 Å². The first-order chi connectivity index (χ1) is 6.88. The van der Waals surface area contributed by atoms with Crippen molar-refractivity contribution < 1.29 is 9.13 Å². The molecule has 1 aromatic carbocycles. The fourth-order valence-electron chi connectivity index (χ4n) is 1.06. The molecule has 0 radical (unpaired) electrons. The first-order valence-electron chi connectivity index (χ1n) is 4.69. The lowest BCUT2D eigenvalue weighted by Crippen LogP contribution is -2.37. The summed E-state index contributed by atoms with van der Waals surface area (Å²) in [6.45, 7) is 4.39. The summed E-state index contributed by atoms with van der Waals surface area (Å²) in [5, 5.41) is 0. The fraction of sp³-hybridized carbons (Fsp3) is 0.455. The maximum Gasteiger partial charge on any atom is 0.129 e. The fourth-order valence-corrected chi connectivity index (χ4v) is 1.40. The molecule has 0 aliphatic heterocycles. The number of hydrogen-bond acceptors (Lipinski definition) is 2.